The number of likely N-dealkylation sites (tertiary alicyclic amines) is 1. The molecule has 1 aromatic heterocycles. The number of hydrogen-bond acceptors (Lipinski definition) is 3. The molecule has 0 aliphatic carbocycles. The Labute approximate surface area is 187 Å². The molecule has 1 spiro atoms. The fourth-order valence-electron chi connectivity index (χ4n) is 4.79. The average molecular weight is 436 g/mol. The molecule has 2 aliphatic rings. The number of hydrogen-bond donors (Lipinski definition) is 1. The van der Waals surface area contributed by atoms with Gasteiger partial charge in [0.15, 0.2) is 6.61 Å². The summed E-state index contributed by atoms with van der Waals surface area (Å²) >= 11 is 5.90. The summed E-state index contributed by atoms with van der Waals surface area (Å²) in [7, 11) is 0. The number of rotatable bonds is 3. The van der Waals surface area contributed by atoms with Crippen LogP contribution in [0.15, 0.2) is 54.7 Å². The quantitative estimate of drug-likeness (QED) is 0.624. The summed E-state index contributed by atoms with van der Waals surface area (Å²) in [5, 5.41) is 4.49. The van der Waals surface area contributed by atoms with Crippen LogP contribution in [0.25, 0.3) is 5.69 Å². The monoisotopic (exact) mass is 435 g/mol. The van der Waals surface area contributed by atoms with Crippen LogP contribution in [0.3, 0.4) is 0 Å². The Morgan fingerprint density at radius 3 is 2.58 bits per heavy atom. The lowest BCUT2D eigenvalue weighted by Gasteiger charge is -2.46. The third kappa shape index (κ3) is 3.47. The maximum Gasteiger partial charge on any atom is 0.260 e. The largest absolute Gasteiger partial charge is 0.484 e. The van der Waals surface area contributed by atoms with Crippen molar-refractivity contribution in [2.45, 2.75) is 32.2 Å². The van der Waals surface area contributed by atoms with E-state index in [-0.39, 0.29) is 18.1 Å². The predicted molar refractivity (Wildman–Crippen MR) is 123 cm³/mol. The van der Waals surface area contributed by atoms with E-state index in [1.54, 1.807) is 24.3 Å². The third-order valence-electron chi connectivity index (χ3n) is 6.70. The van der Waals surface area contributed by atoms with E-state index in [0.717, 1.165) is 18.5 Å². The second-order valence-electron chi connectivity index (χ2n) is 8.50. The summed E-state index contributed by atoms with van der Waals surface area (Å²) in [6, 6.07) is 15.8. The van der Waals surface area contributed by atoms with Crippen LogP contribution < -0.4 is 10.1 Å². The molecule has 0 bridgehead atoms. The molecule has 0 unspecified atom stereocenters. The predicted octanol–water partition coefficient (Wildman–Crippen LogP) is 5.07. The number of anilines is 1. The zero-order valence-electron chi connectivity index (χ0n) is 17.8. The Balaban J connectivity index is 1.30. The van der Waals surface area contributed by atoms with E-state index >= 15 is 0 Å². The fraction of sp³-hybridized carbons (Fsp3) is 0.320. The van der Waals surface area contributed by atoms with Crippen molar-refractivity contribution in [1.82, 2.24) is 9.47 Å². The molecule has 1 saturated heterocycles. The lowest BCUT2D eigenvalue weighted by atomic mass is 9.82. The first-order valence-corrected chi connectivity index (χ1v) is 11.1. The highest BCUT2D eigenvalue weighted by atomic mass is 35.5. The molecular weight excluding hydrogens is 410 g/mol. The number of fused-ring (bicyclic) bond motifs is 4. The molecule has 1 fully saturated rings. The van der Waals surface area contributed by atoms with Crippen molar-refractivity contribution in [1.29, 1.82) is 0 Å². The molecule has 1 amide bonds. The average Bonchev–Trinajstić information content (AvgIpc) is 3.27. The number of halogens is 1. The van der Waals surface area contributed by atoms with Crippen LogP contribution in [0.4, 0.5) is 5.69 Å². The van der Waals surface area contributed by atoms with E-state index in [1.165, 1.54) is 22.5 Å². The van der Waals surface area contributed by atoms with E-state index in [9.17, 15) is 4.79 Å². The minimum atomic E-state index is -0.161. The lowest BCUT2D eigenvalue weighted by molar-refractivity contribution is -0.134. The normalized spacial score (nSPS) is 16.4. The Hall–Kier alpha value is -2.92. The molecule has 3 aromatic rings. The third-order valence-corrected chi connectivity index (χ3v) is 6.95. The van der Waals surface area contributed by atoms with Crippen LogP contribution in [0.1, 0.15) is 29.7 Å². The smallest absolute Gasteiger partial charge is 0.260 e. The van der Waals surface area contributed by atoms with E-state index in [1.807, 2.05) is 4.90 Å². The number of ether oxygens (including phenoxy) is 1. The highest BCUT2D eigenvalue weighted by molar-refractivity contribution is 6.30. The summed E-state index contributed by atoms with van der Waals surface area (Å²) in [5.74, 6) is 0.670. The Morgan fingerprint density at radius 2 is 1.84 bits per heavy atom. The molecular formula is C25H26ClN3O2. The maximum atomic E-state index is 12.7. The van der Waals surface area contributed by atoms with Crippen molar-refractivity contribution in [3.05, 3.63) is 76.6 Å². The van der Waals surface area contributed by atoms with Gasteiger partial charge in [-0.25, -0.2) is 0 Å². The zero-order valence-corrected chi connectivity index (χ0v) is 18.6. The van der Waals surface area contributed by atoms with Crippen LogP contribution in [0, 0.1) is 13.8 Å². The Bertz CT molecular complexity index is 1130. The second kappa shape index (κ2) is 7.65. The van der Waals surface area contributed by atoms with Gasteiger partial charge in [0.2, 0.25) is 0 Å². The van der Waals surface area contributed by atoms with Gasteiger partial charge in [0.1, 0.15) is 5.75 Å². The number of amides is 1. The topological polar surface area (TPSA) is 46.5 Å². The van der Waals surface area contributed by atoms with E-state index in [4.69, 9.17) is 16.3 Å². The zero-order chi connectivity index (χ0) is 21.6. The number of aromatic nitrogens is 1. The number of carbonyl (C=O) groups is 1. The highest BCUT2D eigenvalue weighted by Crippen LogP contribution is 2.44. The minimum Gasteiger partial charge on any atom is -0.484 e. The van der Waals surface area contributed by atoms with Crippen molar-refractivity contribution >= 4 is 23.2 Å². The summed E-state index contributed by atoms with van der Waals surface area (Å²) < 4.78 is 7.99. The Kier molecular flexibility index (Phi) is 4.94. The Morgan fingerprint density at radius 1 is 1.10 bits per heavy atom. The van der Waals surface area contributed by atoms with Crippen molar-refractivity contribution < 1.29 is 9.53 Å². The van der Waals surface area contributed by atoms with Crippen LogP contribution in [0.5, 0.6) is 5.75 Å². The van der Waals surface area contributed by atoms with E-state index < -0.39 is 0 Å². The van der Waals surface area contributed by atoms with Gasteiger partial charge in [-0.15, -0.1) is 0 Å². The van der Waals surface area contributed by atoms with Gasteiger partial charge < -0.3 is 19.5 Å². The number of benzene rings is 2. The molecule has 1 N–H and O–H groups in total. The lowest BCUT2D eigenvalue weighted by Crippen LogP contribution is -2.51. The van der Waals surface area contributed by atoms with Gasteiger partial charge in [0, 0.05) is 30.0 Å². The summed E-state index contributed by atoms with van der Waals surface area (Å²) in [5.41, 5.74) is 6.10. The van der Waals surface area contributed by atoms with Crippen LogP contribution in [0.2, 0.25) is 5.02 Å². The summed E-state index contributed by atoms with van der Waals surface area (Å²) in [6.45, 7) is 5.76. The van der Waals surface area contributed by atoms with Crippen molar-refractivity contribution in [2.75, 3.05) is 25.0 Å². The van der Waals surface area contributed by atoms with Gasteiger partial charge in [-0.05, 0) is 80.3 Å². The molecule has 160 valence electrons. The molecule has 2 aromatic carbocycles. The number of nitrogens with one attached hydrogen (secondary N) is 1. The van der Waals surface area contributed by atoms with Crippen LogP contribution in [-0.2, 0) is 10.3 Å². The number of carbonyl (C=O) groups excluding carboxylic acids is 1. The molecule has 0 radical (unpaired) electrons. The van der Waals surface area contributed by atoms with Crippen LogP contribution in [-0.4, -0.2) is 35.1 Å². The minimum absolute atomic E-state index is 0.0165. The van der Waals surface area contributed by atoms with Gasteiger partial charge in [0.05, 0.1) is 16.9 Å². The maximum absolute atomic E-state index is 12.7. The molecule has 3 heterocycles. The highest BCUT2D eigenvalue weighted by Gasteiger charge is 2.42. The van der Waals surface area contributed by atoms with Crippen molar-refractivity contribution in [3.63, 3.8) is 0 Å². The first kappa shape index (κ1) is 20.0. The van der Waals surface area contributed by atoms with Gasteiger partial charge in [-0.1, -0.05) is 17.7 Å². The van der Waals surface area contributed by atoms with Gasteiger partial charge >= 0.3 is 0 Å². The number of piperidine rings is 1. The van der Waals surface area contributed by atoms with E-state index in [0.29, 0.717) is 23.9 Å². The van der Waals surface area contributed by atoms with Crippen LogP contribution >= 0.6 is 11.6 Å². The van der Waals surface area contributed by atoms with Gasteiger partial charge in [0.25, 0.3) is 5.91 Å². The molecule has 31 heavy (non-hydrogen) atoms. The van der Waals surface area contributed by atoms with Crippen molar-refractivity contribution in [3.8, 4) is 11.4 Å². The first-order chi connectivity index (χ1) is 15.0. The fourth-order valence-corrected chi connectivity index (χ4v) is 4.91. The molecule has 0 saturated carbocycles. The van der Waals surface area contributed by atoms with Gasteiger partial charge in [-0.2, -0.15) is 0 Å². The van der Waals surface area contributed by atoms with Gasteiger partial charge in [-0.3, -0.25) is 4.79 Å². The number of aryl methyl sites for hydroxylation is 1. The molecule has 2 aliphatic heterocycles. The number of nitrogens with zero attached hydrogens (tertiary/aromatic N) is 2. The van der Waals surface area contributed by atoms with E-state index in [2.05, 4.69) is 54.2 Å². The second-order valence-corrected chi connectivity index (χ2v) is 8.93. The molecule has 5 nitrogen and oxygen atoms in total. The molecule has 5 rings (SSSR count). The molecule has 0 atom stereocenters. The standard InChI is InChI=1S/C25H26ClN3O2/c1-17-5-10-21-24(18(17)2)29-13-3-4-22(29)25(27-21)11-14-28(15-12-25)23(30)16-31-20-8-6-19(26)7-9-20/h3-10,13,27H,11-12,14-16H2,1-2H3. The molecule has 6 heteroatoms. The summed E-state index contributed by atoms with van der Waals surface area (Å²) in [4.78, 5) is 14.6. The summed E-state index contributed by atoms with van der Waals surface area (Å²) in [6.07, 6.45) is 3.87. The SMILES string of the molecule is Cc1ccc2c(c1C)-n1cccc1C1(CCN(C(=O)COc3ccc(Cl)cc3)CC1)N2. The first-order valence-electron chi connectivity index (χ1n) is 10.7. The van der Waals surface area contributed by atoms with Crippen molar-refractivity contribution in [2.24, 2.45) is 0 Å².